The lowest BCUT2D eigenvalue weighted by molar-refractivity contribution is 0.0858. The molecule has 714 valence electrons. The molecule has 0 fully saturated rings. The van der Waals surface area contributed by atoms with Gasteiger partial charge in [0.2, 0.25) is 88.8 Å². The van der Waals surface area contributed by atoms with Gasteiger partial charge in [-0.3, -0.25) is 0 Å². The lowest BCUT2D eigenvalue weighted by Crippen LogP contribution is -2.23. The zero-order chi connectivity index (χ0) is 92.0. The molecule has 8 heterocycles. The van der Waals surface area contributed by atoms with E-state index < -0.39 is 23.7 Å². The molecule has 4 N–H and O–H groups in total. The fourth-order valence-electron chi connectivity index (χ4n) is 22.9. The quantitative estimate of drug-likeness (QED) is 0.0263. The highest BCUT2D eigenvalue weighted by Gasteiger charge is 2.46. The molecule has 22 heteroatoms. The number of benzene rings is 9. The number of rotatable bonds is 38. The Kier molecular flexibility index (Phi) is 28.3. The molecule has 134 heavy (non-hydrogen) atoms. The van der Waals surface area contributed by atoms with Crippen LogP contribution in [0.5, 0.6) is 126 Å². The van der Waals surface area contributed by atoms with E-state index in [0.29, 0.717) is 132 Å². The maximum absolute atomic E-state index is 13.3. The summed E-state index contributed by atoms with van der Waals surface area (Å²) in [6.07, 6.45) is 27.5. The second-order valence-corrected chi connectivity index (χ2v) is 38.2. The molecule has 0 aromatic heterocycles. The lowest BCUT2D eigenvalue weighted by Gasteiger charge is -2.36. The zero-order valence-electron chi connectivity index (χ0n) is 79.5. The van der Waals surface area contributed by atoms with E-state index in [1.165, 1.54) is 0 Å². The fourth-order valence-corrected chi connectivity index (χ4v) is 22.9. The zero-order valence-corrected chi connectivity index (χ0v) is 79.5. The predicted octanol–water partition coefficient (Wildman–Crippen LogP) is 27.8. The molecule has 9 aromatic carbocycles. The number of hydrogen-bond donors (Lipinski definition) is 4. The van der Waals surface area contributed by atoms with E-state index in [2.05, 4.69) is 116 Å². The highest BCUT2D eigenvalue weighted by Crippen LogP contribution is 2.66. The molecule has 8 atom stereocenters. The standard InChI is InChI=1S/C112H134O22/c1-9-17-25-37-67-75-45-76-68(38-26-18-10-2)80-48-84-72(42-30-22-14-6)88-51-87-71(41-29-21-13-5)83-47-79(67)99-95(113)103(83)127-61-131-107(87)111(108(88)132-62-128-104(84)96(114)100(80)124-58-120-92(76)53-91(75)119-57-123-99)117-55-65-35-33-34-36-66(65)56-118-112-109-89-52-90-74(44-32-24-16-8)86-50-82-70(40-28-20-12-4)78-46-77-69(39-27-19-11-3)81-49-85(73(89)43-31-23-15-7)105(129-63-133-109)97(115)101(81)125-59-121-93(77)54-94(78)122-60-126-102(82)98(116)106(86)130-64-134-110(90)112/h33-36,45-54,67-74,113-116H,9-32,37-44,55-64H2,1-8H3. The lowest BCUT2D eigenvalue weighted by atomic mass is 9.75. The molecule has 0 saturated carbocycles. The maximum atomic E-state index is 13.3. The smallest absolute Gasteiger partial charge is 0.231 e. The molecular formula is C112H134O22. The number of phenols is 4. The molecule has 0 radical (unpaired) electrons. The first-order valence-electron chi connectivity index (χ1n) is 50.6. The van der Waals surface area contributed by atoms with E-state index in [0.717, 1.165) is 254 Å². The van der Waals surface area contributed by atoms with Crippen molar-refractivity contribution in [3.05, 3.63) is 185 Å². The molecular weight excluding hydrogens is 1700 g/mol. The highest BCUT2D eigenvalue weighted by atomic mass is 16.7. The normalized spacial score (nSPS) is 19.4. The van der Waals surface area contributed by atoms with Crippen LogP contribution in [0.2, 0.25) is 0 Å². The van der Waals surface area contributed by atoms with Crippen LogP contribution in [0.15, 0.2) is 84.9 Å². The molecule has 8 unspecified atom stereocenters. The van der Waals surface area contributed by atoms with Crippen LogP contribution in [0.3, 0.4) is 0 Å². The van der Waals surface area contributed by atoms with Gasteiger partial charge in [0.05, 0.1) is 0 Å². The first-order valence-corrected chi connectivity index (χ1v) is 50.6. The Bertz CT molecular complexity index is 5090. The highest BCUT2D eigenvalue weighted by molar-refractivity contribution is 5.75. The minimum absolute atomic E-state index is 0.0290. The molecule has 8 aliphatic heterocycles. The average Bonchev–Trinajstić information content (AvgIpc) is 0.725. The third-order valence-electron chi connectivity index (χ3n) is 29.8. The Morgan fingerprint density at radius 1 is 0.209 bits per heavy atom. The first kappa shape index (κ1) is 91.7. The number of aromatic hydroxyl groups is 4. The van der Waals surface area contributed by atoms with Crippen molar-refractivity contribution in [2.75, 3.05) is 54.3 Å². The van der Waals surface area contributed by atoms with Crippen LogP contribution in [-0.2, 0) is 13.2 Å². The molecule has 16 bridgehead atoms. The van der Waals surface area contributed by atoms with Crippen LogP contribution < -0.4 is 85.3 Å². The van der Waals surface area contributed by atoms with Crippen LogP contribution in [-0.4, -0.2) is 74.8 Å². The summed E-state index contributed by atoms with van der Waals surface area (Å²) in [6.45, 7) is 15.5. The van der Waals surface area contributed by atoms with Crippen molar-refractivity contribution in [2.45, 2.75) is 321 Å². The van der Waals surface area contributed by atoms with Gasteiger partial charge in [-0.15, -0.1) is 0 Å². The van der Waals surface area contributed by atoms with Gasteiger partial charge in [-0.25, -0.2) is 0 Å². The molecule has 2 aliphatic carbocycles. The van der Waals surface area contributed by atoms with Gasteiger partial charge < -0.3 is 106 Å². The molecule has 22 nitrogen and oxygen atoms in total. The fraction of sp³-hybridized carbons (Fsp3) is 0.518. The Morgan fingerprint density at radius 3 is 0.567 bits per heavy atom. The number of phenolic OH excluding ortho intramolecular Hbond substituents is 4. The van der Waals surface area contributed by atoms with Crippen molar-refractivity contribution < 1.29 is 106 Å². The van der Waals surface area contributed by atoms with Crippen molar-refractivity contribution in [3.8, 4) is 126 Å². The number of hydrogen-bond acceptors (Lipinski definition) is 22. The third kappa shape index (κ3) is 17.5. The summed E-state index contributed by atoms with van der Waals surface area (Å²) in [4.78, 5) is 0. The van der Waals surface area contributed by atoms with Gasteiger partial charge in [0.15, 0.2) is 69.0 Å². The molecule has 0 spiro atoms. The topological polar surface area (TPSA) is 247 Å². The van der Waals surface area contributed by atoms with E-state index in [9.17, 15) is 20.4 Å². The van der Waals surface area contributed by atoms with Crippen LogP contribution in [0, 0.1) is 0 Å². The largest absolute Gasteiger partial charge is 0.502 e. The molecule has 9 aromatic rings. The van der Waals surface area contributed by atoms with Crippen LogP contribution >= 0.6 is 0 Å². The Hall–Kier alpha value is -11.4. The van der Waals surface area contributed by atoms with E-state index >= 15 is 0 Å². The minimum atomic E-state index is -0.476. The van der Waals surface area contributed by atoms with Gasteiger partial charge in [-0.2, -0.15) is 0 Å². The van der Waals surface area contributed by atoms with Crippen LogP contribution in [0.1, 0.15) is 408 Å². The third-order valence-corrected chi connectivity index (χ3v) is 29.8. The summed E-state index contributed by atoms with van der Waals surface area (Å²) in [5.74, 6) is 3.50. The monoisotopic (exact) mass is 1830 g/mol. The average molecular weight is 1830 g/mol. The molecule has 0 amide bonds. The van der Waals surface area contributed by atoms with Crippen molar-refractivity contribution >= 4 is 0 Å². The van der Waals surface area contributed by atoms with E-state index in [-0.39, 0.29) is 137 Å². The summed E-state index contributed by atoms with van der Waals surface area (Å²) in [7, 11) is 0. The summed E-state index contributed by atoms with van der Waals surface area (Å²) >= 11 is 0. The van der Waals surface area contributed by atoms with Gasteiger partial charge in [-0.1, -0.05) is 234 Å². The van der Waals surface area contributed by atoms with Gasteiger partial charge >= 0.3 is 0 Å². The maximum Gasteiger partial charge on any atom is 0.231 e. The summed E-state index contributed by atoms with van der Waals surface area (Å²) in [5, 5.41) is 53.3. The van der Waals surface area contributed by atoms with Gasteiger partial charge in [0.1, 0.15) is 36.2 Å². The molecule has 19 rings (SSSR count). The number of unbranched alkanes of at least 4 members (excludes halogenated alkanes) is 16. The second-order valence-electron chi connectivity index (χ2n) is 38.2. The Labute approximate surface area is 788 Å². The SMILES string of the molecule is CCCCCC1c2cc3c4cc2OCOc2c1cc1c(c2O)OCOc2c(cc5c(c2OCc2ccccc2COc2c6c7cc8c2OCOc2c(cc9c(c2O)OCOc2cc%10c(cc2C9CCCCC)C(CCCCC)c2cc(c(c(O)c2OCO%10)OCO6)C7CCCCC)C8CCCCC)OCOc2c(cc(c(c2O)OCO4)C3CCCCC)C5CCCCC)C1CCCCC. The minimum Gasteiger partial charge on any atom is -0.502 e. The van der Waals surface area contributed by atoms with Crippen molar-refractivity contribution in [2.24, 2.45) is 0 Å². The number of ether oxygens (including phenoxy) is 18. The van der Waals surface area contributed by atoms with Gasteiger partial charge in [0, 0.05) is 148 Å². The van der Waals surface area contributed by atoms with Crippen molar-refractivity contribution in [1.29, 1.82) is 0 Å². The van der Waals surface area contributed by atoms with Crippen LogP contribution in [0.4, 0.5) is 0 Å². The Balaban J connectivity index is 0.805. The van der Waals surface area contributed by atoms with Gasteiger partial charge in [0.25, 0.3) is 0 Å². The van der Waals surface area contributed by atoms with E-state index in [4.69, 9.17) is 85.3 Å². The van der Waals surface area contributed by atoms with Crippen molar-refractivity contribution in [3.63, 3.8) is 0 Å². The summed E-state index contributed by atoms with van der Waals surface area (Å²) in [6, 6.07) is 30.3. The second kappa shape index (κ2) is 41.4. The first-order chi connectivity index (χ1) is 65.9. The Morgan fingerprint density at radius 2 is 0.373 bits per heavy atom. The van der Waals surface area contributed by atoms with E-state index in [1.807, 2.05) is 24.3 Å². The summed E-state index contributed by atoms with van der Waals surface area (Å²) in [5.41, 5.74) is 15.2. The predicted molar refractivity (Wildman–Crippen MR) is 510 cm³/mol. The van der Waals surface area contributed by atoms with E-state index in [1.54, 1.807) is 0 Å². The van der Waals surface area contributed by atoms with Gasteiger partial charge in [-0.05, 0) is 111 Å². The molecule has 0 saturated heterocycles. The van der Waals surface area contributed by atoms with Crippen molar-refractivity contribution in [1.82, 2.24) is 0 Å². The van der Waals surface area contributed by atoms with Crippen LogP contribution in [0.25, 0.3) is 0 Å². The summed E-state index contributed by atoms with van der Waals surface area (Å²) < 4.78 is 126. The molecule has 10 aliphatic rings.